The Hall–Kier alpha value is -2.56. The number of benzene rings is 1. The van der Waals surface area contributed by atoms with E-state index in [9.17, 15) is 13.8 Å². The number of fused-ring (bicyclic) bond motifs is 1. The second-order valence-corrected chi connectivity index (χ2v) is 9.92. The number of amides is 2. The summed E-state index contributed by atoms with van der Waals surface area (Å²) in [5.41, 5.74) is 1.47. The first kappa shape index (κ1) is 21.7. The molecule has 3 heterocycles. The maximum atomic E-state index is 13.2. The number of pyridine rings is 1. The van der Waals surface area contributed by atoms with Crippen LogP contribution in [0.1, 0.15) is 33.3 Å². The van der Waals surface area contributed by atoms with E-state index < -0.39 is 22.6 Å². The van der Waals surface area contributed by atoms with Crippen molar-refractivity contribution >= 4 is 55.8 Å². The van der Waals surface area contributed by atoms with Gasteiger partial charge >= 0.3 is 0 Å². The summed E-state index contributed by atoms with van der Waals surface area (Å²) in [6.07, 6.45) is 2.15. The van der Waals surface area contributed by atoms with Crippen molar-refractivity contribution in [3.63, 3.8) is 0 Å². The summed E-state index contributed by atoms with van der Waals surface area (Å²) < 4.78 is 14.5. The maximum absolute atomic E-state index is 13.2. The minimum atomic E-state index is -1.34. The largest absolute Gasteiger partial charge is 0.355 e. The van der Waals surface area contributed by atoms with E-state index in [0.717, 1.165) is 5.56 Å². The van der Waals surface area contributed by atoms with E-state index in [4.69, 9.17) is 11.6 Å². The molecule has 1 aliphatic heterocycles. The van der Waals surface area contributed by atoms with Gasteiger partial charge in [-0.3, -0.25) is 13.8 Å². The van der Waals surface area contributed by atoms with Crippen molar-refractivity contribution in [2.24, 2.45) is 0 Å². The molecule has 2 unspecified atom stereocenters. The molecule has 0 fully saturated rings. The molecular formula is C20H17BrClN5O3S. The summed E-state index contributed by atoms with van der Waals surface area (Å²) in [6.45, 7) is 1.87. The molecule has 160 valence electrons. The van der Waals surface area contributed by atoms with E-state index in [2.05, 4.69) is 36.6 Å². The fourth-order valence-electron chi connectivity index (χ4n) is 3.45. The molecule has 0 bridgehead atoms. The smallest absolute Gasteiger partial charge is 0.274 e. The molecule has 11 heteroatoms. The third-order valence-corrected chi connectivity index (χ3v) is 7.32. The van der Waals surface area contributed by atoms with Crippen LogP contribution in [0.2, 0.25) is 5.02 Å². The van der Waals surface area contributed by atoms with Crippen molar-refractivity contribution in [3.05, 3.63) is 63.0 Å². The molecule has 8 nitrogen and oxygen atoms in total. The summed E-state index contributed by atoms with van der Waals surface area (Å²) in [4.78, 5) is 30.5. The van der Waals surface area contributed by atoms with Crippen molar-refractivity contribution < 1.29 is 13.8 Å². The standard InChI is InChI=1S/C20H17BrClN5O3S/c1-10-8-11-5-6-13(16(20(29)23-2)17(11)31(10)30)25-19(28)14-9-15(21)26-27(14)18-12(22)4-3-7-24-18/h3-7,9-10H,8H2,1-2H3,(H,23,29)(H,25,28). The zero-order chi connectivity index (χ0) is 22.3. The molecule has 3 aromatic rings. The first-order chi connectivity index (χ1) is 14.8. The van der Waals surface area contributed by atoms with Gasteiger partial charge in [-0.25, -0.2) is 9.67 Å². The monoisotopic (exact) mass is 521 g/mol. The average molecular weight is 523 g/mol. The zero-order valence-electron chi connectivity index (χ0n) is 16.5. The van der Waals surface area contributed by atoms with Gasteiger partial charge in [0.2, 0.25) is 0 Å². The van der Waals surface area contributed by atoms with Gasteiger partial charge in [0.1, 0.15) is 10.3 Å². The van der Waals surface area contributed by atoms with Crippen molar-refractivity contribution in [1.29, 1.82) is 0 Å². The molecule has 0 saturated carbocycles. The van der Waals surface area contributed by atoms with Crippen LogP contribution in [0.15, 0.2) is 46.0 Å². The molecule has 4 rings (SSSR count). The molecule has 0 saturated heterocycles. The van der Waals surface area contributed by atoms with Crippen molar-refractivity contribution in [3.8, 4) is 5.82 Å². The SMILES string of the molecule is CNC(=O)c1c(NC(=O)c2cc(Br)nn2-c2ncccc2Cl)ccc2c1S(=O)C(C)C2. The summed E-state index contributed by atoms with van der Waals surface area (Å²) in [5, 5.41) is 9.81. The van der Waals surface area contributed by atoms with Crippen LogP contribution in [0.25, 0.3) is 5.82 Å². The molecule has 31 heavy (non-hydrogen) atoms. The lowest BCUT2D eigenvalue weighted by molar-refractivity contribution is 0.0961. The minimum absolute atomic E-state index is 0.104. The molecule has 0 radical (unpaired) electrons. The van der Waals surface area contributed by atoms with E-state index >= 15 is 0 Å². The van der Waals surface area contributed by atoms with Crippen LogP contribution in [0.3, 0.4) is 0 Å². The van der Waals surface area contributed by atoms with Crippen LogP contribution in [-0.4, -0.2) is 43.1 Å². The number of hydrogen-bond donors (Lipinski definition) is 2. The lowest BCUT2D eigenvalue weighted by atomic mass is 10.0. The summed E-state index contributed by atoms with van der Waals surface area (Å²) >= 11 is 9.50. The molecule has 2 N–H and O–H groups in total. The fourth-order valence-corrected chi connectivity index (χ4v) is 5.58. The number of halogens is 2. The Labute approximate surface area is 194 Å². The van der Waals surface area contributed by atoms with E-state index in [-0.39, 0.29) is 28.0 Å². The number of nitrogens with zero attached hydrogens (tertiary/aromatic N) is 3. The minimum Gasteiger partial charge on any atom is -0.355 e. The predicted molar refractivity (Wildman–Crippen MR) is 121 cm³/mol. The van der Waals surface area contributed by atoms with Gasteiger partial charge in [-0.1, -0.05) is 24.6 Å². The average Bonchev–Trinajstić information content (AvgIpc) is 3.27. The Morgan fingerprint density at radius 2 is 2.06 bits per heavy atom. The number of anilines is 1. The highest BCUT2D eigenvalue weighted by Gasteiger charge is 2.33. The second-order valence-electron chi connectivity index (χ2n) is 6.89. The molecule has 0 spiro atoms. The van der Waals surface area contributed by atoms with Crippen LogP contribution in [0.4, 0.5) is 5.69 Å². The van der Waals surface area contributed by atoms with Crippen molar-refractivity contribution in [1.82, 2.24) is 20.1 Å². The van der Waals surface area contributed by atoms with Crippen molar-refractivity contribution in [2.75, 3.05) is 12.4 Å². The van der Waals surface area contributed by atoms with E-state index in [0.29, 0.717) is 20.9 Å². The van der Waals surface area contributed by atoms with Crippen molar-refractivity contribution in [2.45, 2.75) is 23.5 Å². The second kappa shape index (κ2) is 8.52. The number of carbonyl (C=O) groups is 2. The third-order valence-electron chi connectivity index (χ3n) is 4.87. The molecule has 1 aromatic carbocycles. The molecule has 1 aliphatic rings. The molecule has 2 aromatic heterocycles. The van der Waals surface area contributed by atoms with Gasteiger partial charge < -0.3 is 10.6 Å². The summed E-state index contributed by atoms with van der Waals surface area (Å²) in [7, 11) is 0.146. The van der Waals surface area contributed by atoms with Crippen LogP contribution >= 0.6 is 27.5 Å². The van der Waals surface area contributed by atoms with Crippen LogP contribution in [0.5, 0.6) is 0 Å². The quantitative estimate of drug-likeness (QED) is 0.547. The van der Waals surface area contributed by atoms with Crippen LogP contribution < -0.4 is 10.6 Å². The van der Waals surface area contributed by atoms with Gasteiger partial charge in [0.25, 0.3) is 11.8 Å². The van der Waals surface area contributed by atoms with Gasteiger partial charge in [0.05, 0.1) is 32.0 Å². The highest BCUT2D eigenvalue weighted by atomic mass is 79.9. The Morgan fingerprint density at radius 1 is 1.29 bits per heavy atom. The number of nitrogens with one attached hydrogen (secondary N) is 2. The van der Waals surface area contributed by atoms with Gasteiger partial charge in [0, 0.05) is 24.6 Å². The Kier molecular flexibility index (Phi) is 5.96. The first-order valence-corrected chi connectivity index (χ1v) is 11.7. The number of carbonyl (C=O) groups excluding carboxylic acids is 2. The van der Waals surface area contributed by atoms with E-state index in [1.165, 1.54) is 17.8 Å². The molecular weight excluding hydrogens is 506 g/mol. The molecule has 2 amide bonds. The van der Waals surface area contributed by atoms with Crippen LogP contribution in [0, 0.1) is 0 Å². The van der Waals surface area contributed by atoms with Gasteiger partial charge in [-0.2, -0.15) is 5.10 Å². The fraction of sp³-hybridized carbons (Fsp3) is 0.200. The number of rotatable bonds is 4. The van der Waals surface area contributed by atoms with Gasteiger partial charge in [-0.15, -0.1) is 0 Å². The summed E-state index contributed by atoms with van der Waals surface area (Å²) in [5.74, 6) is -0.658. The number of hydrogen-bond acceptors (Lipinski definition) is 5. The molecule has 2 atom stereocenters. The maximum Gasteiger partial charge on any atom is 0.274 e. The highest BCUT2D eigenvalue weighted by Crippen LogP contribution is 2.35. The zero-order valence-corrected chi connectivity index (χ0v) is 19.6. The normalized spacial score (nSPS) is 17.3. The number of aromatic nitrogens is 3. The van der Waals surface area contributed by atoms with E-state index in [1.807, 2.05) is 6.92 Å². The Bertz CT molecular complexity index is 1250. The van der Waals surface area contributed by atoms with Gasteiger partial charge in [0.15, 0.2) is 5.82 Å². The lowest BCUT2D eigenvalue weighted by Gasteiger charge is -2.14. The molecule has 0 aliphatic carbocycles. The topological polar surface area (TPSA) is 106 Å². The third kappa shape index (κ3) is 3.90. The lowest BCUT2D eigenvalue weighted by Crippen LogP contribution is -2.24. The summed E-state index contributed by atoms with van der Waals surface area (Å²) in [6, 6.07) is 8.28. The van der Waals surface area contributed by atoms with Crippen LogP contribution in [-0.2, 0) is 17.2 Å². The van der Waals surface area contributed by atoms with E-state index in [1.54, 1.807) is 30.5 Å². The first-order valence-electron chi connectivity index (χ1n) is 9.28. The Balaban J connectivity index is 1.77. The van der Waals surface area contributed by atoms with Gasteiger partial charge in [-0.05, 0) is 46.1 Å². The highest BCUT2D eigenvalue weighted by molar-refractivity contribution is 9.10. The predicted octanol–water partition coefficient (Wildman–Crippen LogP) is 3.35. The Morgan fingerprint density at radius 3 is 2.77 bits per heavy atom.